The summed E-state index contributed by atoms with van der Waals surface area (Å²) in [6.07, 6.45) is 3.35. The van der Waals surface area contributed by atoms with Crippen molar-refractivity contribution in [2.75, 3.05) is 27.2 Å². The molecular formula is C20H29ClN4O. The first kappa shape index (κ1) is 19.2. The molecule has 6 heteroatoms. The zero-order chi connectivity index (χ0) is 18.5. The lowest BCUT2D eigenvalue weighted by atomic mass is 10.2. The maximum Gasteiger partial charge on any atom is 0.151 e. The molecule has 0 radical (unpaired) electrons. The molecule has 0 bridgehead atoms. The first-order valence-corrected chi connectivity index (χ1v) is 9.77. The number of hydrogen-bond acceptors (Lipinski definition) is 4. The number of unbranched alkanes of at least 4 members (excludes halogenated alkanes) is 1. The fourth-order valence-corrected chi connectivity index (χ4v) is 3.62. The Morgan fingerprint density at radius 1 is 1.35 bits per heavy atom. The molecule has 1 atom stereocenters. The third-order valence-electron chi connectivity index (χ3n) is 4.62. The van der Waals surface area contributed by atoms with Crippen LogP contribution in [0.15, 0.2) is 24.3 Å². The van der Waals surface area contributed by atoms with Crippen LogP contribution in [0.3, 0.4) is 0 Å². The highest BCUT2D eigenvalue weighted by atomic mass is 35.5. The van der Waals surface area contributed by atoms with E-state index in [1.54, 1.807) is 0 Å². The van der Waals surface area contributed by atoms with Crippen molar-refractivity contribution in [3.8, 4) is 5.75 Å². The van der Waals surface area contributed by atoms with Gasteiger partial charge in [0.05, 0.1) is 5.69 Å². The van der Waals surface area contributed by atoms with E-state index in [4.69, 9.17) is 16.3 Å². The topological polar surface area (TPSA) is 44.4 Å². The Morgan fingerprint density at radius 3 is 2.92 bits per heavy atom. The smallest absolute Gasteiger partial charge is 0.151 e. The van der Waals surface area contributed by atoms with Crippen LogP contribution in [-0.4, -0.2) is 53.1 Å². The van der Waals surface area contributed by atoms with Crippen LogP contribution >= 0.6 is 11.6 Å². The lowest BCUT2D eigenvalue weighted by Gasteiger charge is -2.25. The molecule has 1 aliphatic rings. The molecule has 3 rings (SSSR count). The fraction of sp³-hybridized carbons (Fsp3) is 0.550. The Balaban J connectivity index is 1.76. The standard InChI is InChI=1S/C20H29ClN4O/c1-4-5-10-19-22-17(20(21)23-19)14-25-11-15-8-6-7-9-18(15)26-16(13-25)12-24(2)3/h6-9,16H,4-5,10-14H2,1-3H3,(H,22,23). The number of aromatic amines is 1. The Morgan fingerprint density at radius 2 is 2.15 bits per heavy atom. The van der Waals surface area contributed by atoms with Crippen molar-refractivity contribution < 1.29 is 4.74 Å². The van der Waals surface area contributed by atoms with E-state index < -0.39 is 0 Å². The van der Waals surface area contributed by atoms with Gasteiger partial charge in [-0.25, -0.2) is 4.98 Å². The largest absolute Gasteiger partial charge is 0.487 e. The lowest BCUT2D eigenvalue weighted by molar-refractivity contribution is 0.116. The minimum atomic E-state index is 0.120. The fourth-order valence-electron chi connectivity index (χ4n) is 3.41. The minimum absolute atomic E-state index is 0.120. The molecule has 2 aromatic rings. The number of rotatable bonds is 7. The second kappa shape index (κ2) is 8.89. The number of nitrogens with one attached hydrogen (secondary N) is 1. The zero-order valence-corrected chi connectivity index (χ0v) is 16.7. The number of aryl methyl sites for hydroxylation is 1. The third kappa shape index (κ3) is 5.00. The lowest BCUT2D eigenvalue weighted by Crippen LogP contribution is -2.39. The predicted molar refractivity (Wildman–Crippen MR) is 106 cm³/mol. The summed E-state index contributed by atoms with van der Waals surface area (Å²) in [5.41, 5.74) is 2.22. The molecule has 5 nitrogen and oxygen atoms in total. The van der Waals surface area contributed by atoms with Crippen molar-refractivity contribution in [1.82, 2.24) is 19.8 Å². The summed E-state index contributed by atoms with van der Waals surface area (Å²) in [7, 11) is 4.16. The van der Waals surface area contributed by atoms with Crippen molar-refractivity contribution in [2.45, 2.75) is 45.4 Å². The van der Waals surface area contributed by atoms with Crippen molar-refractivity contribution in [3.05, 3.63) is 46.5 Å². The molecule has 0 aliphatic carbocycles. The number of benzene rings is 1. The Kier molecular flexibility index (Phi) is 6.57. The van der Waals surface area contributed by atoms with Crippen LogP contribution in [-0.2, 0) is 19.5 Å². The summed E-state index contributed by atoms with van der Waals surface area (Å²) in [6.45, 7) is 5.51. The van der Waals surface area contributed by atoms with Crippen LogP contribution in [0.4, 0.5) is 0 Å². The number of hydrogen-bond donors (Lipinski definition) is 1. The molecule has 2 heterocycles. The van der Waals surface area contributed by atoms with Gasteiger partial charge in [0.1, 0.15) is 17.7 Å². The van der Waals surface area contributed by atoms with E-state index in [9.17, 15) is 0 Å². The monoisotopic (exact) mass is 376 g/mol. The van der Waals surface area contributed by atoms with Crippen LogP contribution in [0.25, 0.3) is 0 Å². The molecule has 0 saturated carbocycles. The van der Waals surface area contributed by atoms with Gasteiger partial charge in [-0.15, -0.1) is 0 Å². The van der Waals surface area contributed by atoms with Crippen molar-refractivity contribution in [2.24, 2.45) is 0 Å². The summed E-state index contributed by atoms with van der Waals surface area (Å²) in [6, 6.07) is 8.31. The number of aromatic nitrogens is 2. The van der Waals surface area contributed by atoms with E-state index in [1.165, 1.54) is 5.56 Å². The van der Waals surface area contributed by atoms with Crippen molar-refractivity contribution >= 4 is 11.6 Å². The third-order valence-corrected chi connectivity index (χ3v) is 4.93. The number of ether oxygens (including phenoxy) is 1. The van der Waals surface area contributed by atoms with Crippen molar-refractivity contribution in [3.63, 3.8) is 0 Å². The average Bonchev–Trinajstić information content (AvgIpc) is 2.83. The van der Waals surface area contributed by atoms with Crippen molar-refractivity contribution in [1.29, 1.82) is 0 Å². The first-order valence-electron chi connectivity index (χ1n) is 9.40. The van der Waals surface area contributed by atoms with Gasteiger partial charge in [-0.05, 0) is 26.6 Å². The maximum absolute atomic E-state index is 6.40. The minimum Gasteiger partial charge on any atom is -0.487 e. The number of halogens is 1. The van der Waals surface area contributed by atoms with E-state index in [-0.39, 0.29) is 6.10 Å². The quantitative estimate of drug-likeness (QED) is 0.799. The number of fused-ring (bicyclic) bond motifs is 1. The van der Waals surface area contributed by atoms with Gasteiger partial charge in [0.15, 0.2) is 5.15 Å². The van der Waals surface area contributed by atoms with Gasteiger partial charge >= 0.3 is 0 Å². The van der Waals surface area contributed by atoms with Gasteiger partial charge in [-0.1, -0.05) is 43.1 Å². The summed E-state index contributed by atoms with van der Waals surface area (Å²) < 4.78 is 6.28. The van der Waals surface area contributed by atoms with Gasteiger partial charge < -0.3 is 14.6 Å². The van der Waals surface area contributed by atoms with Crippen LogP contribution in [0.2, 0.25) is 5.15 Å². The van der Waals surface area contributed by atoms with Crippen LogP contribution in [0.5, 0.6) is 5.75 Å². The Bertz CT molecular complexity index is 716. The number of nitrogens with zero attached hydrogens (tertiary/aromatic N) is 3. The van der Waals surface area contributed by atoms with E-state index in [1.807, 2.05) is 6.07 Å². The maximum atomic E-state index is 6.40. The second-order valence-corrected chi connectivity index (χ2v) is 7.69. The van der Waals surface area contributed by atoms with Gasteiger partial charge in [-0.3, -0.25) is 4.90 Å². The van der Waals surface area contributed by atoms with E-state index >= 15 is 0 Å². The summed E-state index contributed by atoms with van der Waals surface area (Å²) in [5.74, 6) is 1.98. The number of likely N-dealkylation sites (N-methyl/N-ethyl adjacent to an activating group) is 1. The number of para-hydroxylation sites is 1. The van der Waals surface area contributed by atoms with Crippen LogP contribution in [0, 0.1) is 0 Å². The molecule has 0 spiro atoms. The zero-order valence-electron chi connectivity index (χ0n) is 16.0. The molecule has 0 fully saturated rings. The summed E-state index contributed by atoms with van der Waals surface area (Å²) in [4.78, 5) is 12.5. The Hall–Kier alpha value is -1.56. The molecular weight excluding hydrogens is 348 g/mol. The molecule has 0 amide bonds. The van der Waals surface area contributed by atoms with Crippen LogP contribution < -0.4 is 4.74 Å². The van der Waals surface area contributed by atoms with Crippen LogP contribution in [0.1, 0.15) is 36.8 Å². The molecule has 1 aromatic heterocycles. The highest BCUT2D eigenvalue weighted by Gasteiger charge is 2.24. The first-order chi connectivity index (χ1) is 12.5. The van der Waals surface area contributed by atoms with E-state index in [0.29, 0.717) is 5.15 Å². The molecule has 142 valence electrons. The second-order valence-electron chi connectivity index (χ2n) is 7.34. The molecule has 1 aliphatic heterocycles. The number of imidazole rings is 1. The van der Waals surface area contributed by atoms with E-state index in [2.05, 4.69) is 59.0 Å². The SMILES string of the molecule is CCCCc1nc(Cl)c(CN2Cc3ccccc3OC(CN(C)C)C2)[nH]1. The number of H-pyrrole nitrogens is 1. The summed E-state index contributed by atoms with van der Waals surface area (Å²) in [5, 5.41) is 0.596. The van der Waals surface area contributed by atoms with Gasteiger partial charge in [0.25, 0.3) is 0 Å². The van der Waals surface area contributed by atoms with Gasteiger partial charge in [-0.2, -0.15) is 0 Å². The summed E-state index contributed by atoms with van der Waals surface area (Å²) >= 11 is 6.40. The van der Waals surface area contributed by atoms with Gasteiger partial charge in [0, 0.05) is 38.2 Å². The van der Waals surface area contributed by atoms with E-state index in [0.717, 1.165) is 62.7 Å². The molecule has 26 heavy (non-hydrogen) atoms. The molecule has 1 unspecified atom stereocenters. The van der Waals surface area contributed by atoms with Gasteiger partial charge in [0.2, 0.25) is 0 Å². The molecule has 1 aromatic carbocycles. The average molecular weight is 377 g/mol. The molecule has 1 N–H and O–H groups in total. The predicted octanol–water partition coefficient (Wildman–Crippen LogP) is 3.73. The molecule has 0 saturated heterocycles. The highest BCUT2D eigenvalue weighted by Crippen LogP contribution is 2.27. The normalized spacial score (nSPS) is 17.8. The Labute approximate surface area is 161 Å². The highest BCUT2D eigenvalue weighted by molar-refractivity contribution is 6.30.